The Hall–Kier alpha value is -1.13. The summed E-state index contributed by atoms with van der Waals surface area (Å²) in [5.41, 5.74) is 1.96. The van der Waals surface area contributed by atoms with Crippen LogP contribution in [0.2, 0.25) is 10.0 Å². The minimum atomic E-state index is 0. The van der Waals surface area contributed by atoms with Crippen molar-refractivity contribution in [2.24, 2.45) is 0 Å². The van der Waals surface area contributed by atoms with E-state index in [4.69, 9.17) is 32.7 Å². The van der Waals surface area contributed by atoms with Crippen molar-refractivity contribution >= 4 is 35.6 Å². The fourth-order valence-electron chi connectivity index (χ4n) is 3.15. The molecule has 0 aromatic heterocycles. The smallest absolute Gasteiger partial charge is 0.161 e. The SMILES string of the molecule is COc1cc(CNC2CCCC2)ccc1OCc1c(Cl)cccc1Cl.Cl. The van der Waals surface area contributed by atoms with E-state index in [-0.39, 0.29) is 12.4 Å². The van der Waals surface area contributed by atoms with Crippen LogP contribution in [0.4, 0.5) is 0 Å². The summed E-state index contributed by atoms with van der Waals surface area (Å²) < 4.78 is 11.4. The molecule has 1 aliphatic carbocycles. The third kappa shape index (κ3) is 5.43. The van der Waals surface area contributed by atoms with Gasteiger partial charge in [-0.25, -0.2) is 0 Å². The van der Waals surface area contributed by atoms with Gasteiger partial charge in [0.25, 0.3) is 0 Å². The van der Waals surface area contributed by atoms with Crippen LogP contribution in [0.5, 0.6) is 11.5 Å². The van der Waals surface area contributed by atoms with Gasteiger partial charge >= 0.3 is 0 Å². The van der Waals surface area contributed by atoms with Crippen molar-refractivity contribution in [2.45, 2.75) is 44.9 Å². The Morgan fingerprint density at radius 1 is 1.04 bits per heavy atom. The van der Waals surface area contributed by atoms with Gasteiger partial charge in [0.1, 0.15) is 6.61 Å². The summed E-state index contributed by atoms with van der Waals surface area (Å²) in [6, 6.07) is 12.1. The summed E-state index contributed by atoms with van der Waals surface area (Å²) in [6.07, 6.45) is 5.21. The molecule has 0 atom stereocenters. The van der Waals surface area contributed by atoms with Crippen molar-refractivity contribution in [1.29, 1.82) is 0 Å². The molecule has 1 saturated carbocycles. The Balaban J connectivity index is 0.00000243. The van der Waals surface area contributed by atoms with Crippen molar-refractivity contribution < 1.29 is 9.47 Å². The number of hydrogen-bond donors (Lipinski definition) is 1. The molecule has 6 heteroatoms. The van der Waals surface area contributed by atoms with Gasteiger partial charge in [0, 0.05) is 28.2 Å². The zero-order valence-electron chi connectivity index (χ0n) is 14.8. The fourth-order valence-corrected chi connectivity index (χ4v) is 3.66. The van der Waals surface area contributed by atoms with Gasteiger partial charge in [0.15, 0.2) is 11.5 Å². The number of ether oxygens (including phenoxy) is 2. The Labute approximate surface area is 171 Å². The van der Waals surface area contributed by atoms with Crippen molar-refractivity contribution in [2.75, 3.05) is 7.11 Å². The van der Waals surface area contributed by atoms with E-state index in [1.54, 1.807) is 19.2 Å². The summed E-state index contributed by atoms with van der Waals surface area (Å²) in [7, 11) is 1.65. The molecule has 3 nitrogen and oxygen atoms in total. The zero-order valence-corrected chi connectivity index (χ0v) is 17.1. The molecule has 0 saturated heterocycles. The molecule has 1 fully saturated rings. The number of hydrogen-bond acceptors (Lipinski definition) is 3. The maximum Gasteiger partial charge on any atom is 0.161 e. The largest absolute Gasteiger partial charge is 0.493 e. The molecule has 0 bridgehead atoms. The summed E-state index contributed by atoms with van der Waals surface area (Å²) in [6.45, 7) is 1.15. The number of nitrogens with one attached hydrogen (secondary N) is 1. The lowest BCUT2D eigenvalue weighted by molar-refractivity contribution is 0.284. The predicted molar refractivity (Wildman–Crippen MR) is 110 cm³/mol. The third-order valence-electron chi connectivity index (χ3n) is 4.61. The normalized spacial score (nSPS) is 14.1. The fraction of sp³-hybridized carbons (Fsp3) is 0.400. The number of benzene rings is 2. The Kier molecular flexibility index (Phi) is 8.36. The van der Waals surface area contributed by atoms with Crippen LogP contribution in [0.1, 0.15) is 36.8 Å². The lowest BCUT2D eigenvalue weighted by Gasteiger charge is -2.15. The molecule has 0 spiro atoms. The van der Waals surface area contributed by atoms with E-state index in [1.807, 2.05) is 18.2 Å². The van der Waals surface area contributed by atoms with E-state index >= 15 is 0 Å². The maximum absolute atomic E-state index is 6.19. The van der Waals surface area contributed by atoms with Gasteiger partial charge in [0.2, 0.25) is 0 Å². The Morgan fingerprint density at radius 3 is 2.38 bits per heavy atom. The lowest BCUT2D eigenvalue weighted by atomic mass is 10.1. The van der Waals surface area contributed by atoms with Crippen LogP contribution >= 0.6 is 35.6 Å². The van der Waals surface area contributed by atoms with Crippen LogP contribution < -0.4 is 14.8 Å². The minimum Gasteiger partial charge on any atom is -0.493 e. The lowest BCUT2D eigenvalue weighted by Crippen LogP contribution is -2.25. The molecular formula is C20H24Cl3NO2. The van der Waals surface area contributed by atoms with Crippen LogP contribution in [-0.4, -0.2) is 13.2 Å². The maximum atomic E-state index is 6.19. The predicted octanol–water partition coefficient (Wildman–Crippen LogP) is 6.04. The zero-order chi connectivity index (χ0) is 17.6. The van der Waals surface area contributed by atoms with Crippen molar-refractivity contribution in [3.05, 3.63) is 57.6 Å². The van der Waals surface area contributed by atoms with Gasteiger partial charge in [-0.05, 0) is 42.7 Å². The summed E-state index contributed by atoms with van der Waals surface area (Å²) in [5.74, 6) is 1.40. The molecule has 3 rings (SSSR count). The summed E-state index contributed by atoms with van der Waals surface area (Å²) in [4.78, 5) is 0. The van der Waals surface area contributed by atoms with E-state index in [2.05, 4.69) is 11.4 Å². The highest BCUT2D eigenvalue weighted by Crippen LogP contribution is 2.31. The monoisotopic (exact) mass is 415 g/mol. The number of halogens is 3. The van der Waals surface area contributed by atoms with Gasteiger partial charge < -0.3 is 14.8 Å². The van der Waals surface area contributed by atoms with Crippen LogP contribution in [0.15, 0.2) is 36.4 Å². The van der Waals surface area contributed by atoms with Gasteiger partial charge in [-0.15, -0.1) is 12.4 Å². The summed E-state index contributed by atoms with van der Waals surface area (Å²) in [5, 5.41) is 4.81. The van der Waals surface area contributed by atoms with E-state index < -0.39 is 0 Å². The number of methoxy groups -OCH3 is 1. The third-order valence-corrected chi connectivity index (χ3v) is 5.32. The minimum absolute atomic E-state index is 0. The molecule has 142 valence electrons. The molecule has 0 heterocycles. The molecule has 1 aliphatic rings. The molecule has 2 aromatic carbocycles. The van der Waals surface area contributed by atoms with Gasteiger partial charge in [-0.3, -0.25) is 0 Å². The van der Waals surface area contributed by atoms with Gasteiger partial charge in [-0.1, -0.05) is 48.2 Å². The van der Waals surface area contributed by atoms with E-state index in [0.29, 0.717) is 34.2 Å². The molecule has 1 N–H and O–H groups in total. The standard InChI is InChI=1S/C20H23Cl2NO2.ClH/c1-24-20-11-14(12-23-15-5-2-3-6-15)9-10-19(20)25-13-16-17(21)7-4-8-18(16)22;/h4,7-11,15,23H,2-3,5-6,12-13H2,1H3;1H. The first-order valence-corrected chi connectivity index (χ1v) is 9.39. The first-order valence-electron chi connectivity index (χ1n) is 8.63. The highest BCUT2D eigenvalue weighted by atomic mass is 35.5. The first-order chi connectivity index (χ1) is 12.2. The van der Waals surface area contributed by atoms with Crippen molar-refractivity contribution in [3.8, 4) is 11.5 Å². The molecule has 2 aromatic rings. The highest BCUT2D eigenvalue weighted by molar-refractivity contribution is 6.35. The van der Waals surface area contributed by atoms with Gasteiger partial charge in [0.05, 0.1) is 7.11 Å². The number of rotatable bonds is 7. The molecule has 0 aliphatic heterocycles. The molecular weight excluding hydrogens is 393 g/mol. The second-order valence-corrected chi connectivity index (χ2v) is 7.15. The Morgan fingerprint density at radius 2 is 1.73 bits per heavy atom. The average molecular weight is 417 g/mol. The van der Waals surface area contributed by atoms with Crippen LogP contribution in [-0.2, 0) is 13.2 Å². The second-order valence-electron chi connectivity index (χ2n) is 6.34. The molecule has 26 heavy (non-hydrogen) atoms. The van der Waals surface area contributed by atoms with Crippen LogP contribution in [0.3, 0.4) is 0 Å². The van der Waals surface area contributed by atoms with E-state index in [1.165, 1.54) is 31.2 Å². The van der Waals surface area contributed by atoms with E-state index in [0.717, 1.165) is 12.1 Å². The van der Waals surface area contributed by atoms with Crippen molar-refractivity contribution in [1.82, 2.24) is 5.32 Å². The van der Waals surface area contributed by atoms with Crippen LogP contribution in [0, 0.1) is 0 Å². The second kappa shape index (κ2) is 10.3. The van der Waals surface area contributed by atoms with Gasteiger partial charge in [-0.2, -0.15) is 0 Å². The molecule has 0 radical (unpaired) electrons. The average Bonchev–Trinajstić information content (AvgIpc) is 3.13. The Bertz CT molecular complexity index is 698. The quantitative estimate of drug-likeness (QED) is 0.597. The molecule has 0 unspecified atom stereocenters. The summed E-state index contributed by atoms with van der Waals surface area (Å²) >= 11 is 12.4. The van der Waals surface area contributed by atoms with E-state index in [9.17, 15) is 0 Å². The highest BCUT2D eigenvalue weighted by Gasteiger charge is 2.15. The first kappa shape index (κ1) is 21.2. The molecule has 0 amide bonds. The van der Waals surface area contributed by atoms with Crippen molar-refractivity contribution in [3.63, 3.8) is 0 Å². The van der Waals surface area contributed by atoms with Crippen LogP contribution in [0.25, 0.3) is 0 Å². The topological polar surface area (TPSA) is 30.5 Å².